The van der Waals surface area contributed by atoms with Crippen molar-refractivity contribution in [2.75, 3.05) is 6.54 Å². The molecule has 0 amide bonds. The van der Waals surface area contributed by atoms with Gasteiger partial charge in [-0.1, -0.05) is 60.2 Å². The van der Waals surface area contributed by atoms with Gasteiger partial charge in [-0.15, -0.1) is 0 Å². The fourth-order valence-electron chi connectivity index (χ4n) is 2.44. The number of rotatable bonds is 7. The number of hydrogen-bond donors (Lipinski definition) is 1. The Morgan fingerprint density at radius 2 is 1.60 bits per heavy atom. The highest BCUT2D eigenvalue weighted by Gasteiger charge is 2.02. The molecule has 1 N–H and O–H groups in total. The lowest BCUT2D eigenvalue weighted by Crippen LogP contribution is -2.29. The van der Waals surface area contributed by atoms with Crippen LogP contribution in [-0.2, 0) is 12.8 Å². The van der Waals surface area contributed by atoms with E-state index in [0.717, 1.165) is 19.4 Å². The zero-order valence-electron chi connectivity index (χ0n) is 12.6. The van der Waals surface area contributed by atoms with Crippen LogP contribution >= 0.6 is 0 Å². The maximum absolute atomic E-state index is 3.62. The molecule has 1 unspecified atom stereocenters. The van der Waals surface area contributed by atoms with E-state index in [1.165, 1.54) is 23.1 Å². The van der Waals surface area contributed by atoms with Crippen molar-refractivity contribution >= 4 is 0 Å². The van der Waals surface area contributed by atoms with Crippen molar-refractivity contribution in [3.8, 4) is 0 Å². The van der Waals surface area contributed by atoms with Gasteiger partial charge in [0.1, 0.15) is 0 Å². The summed E-state index contributed by atoms with van der Waals surface area (Å²) in [6.07, 6.45) is 3.46. The van der Waals surface area contributed by atoms with E-state index in [1.54, 1.807) is 0 Å². The normalized spacial score (nSPS) is 12.3. The Morgan fingerprint density at radius 1 is 0.900 bits per heavy atom. The van der Waals surface area contributed by atoms with E-state index in [-0.39, 0.29) is 0 Å². The summed E-state index contributed by atoms with van der Waals surface area (Å²) in [5.41, 5.74) is 4.18. The summed E-state index contributed by atoms with van der Waals surface area (Å²) >= 11 is 0. The molecule has 0 radical (unpaired) electrons. The Bertz CT molecular complexity index is 487. The monoisotopic (exact) mass is 267 g/mol. The summed E-state index contributed by atoms with van der Waals surface area (Å²) in [6.45, 7) is 5.49. The molecule has 0 aliphatic carbocycles. The Kier molecular flexibility index (Phi) is 5.82. The zero-order valence-corrected chi connectivity index (χ0v) is 12.6. The van der Waals surface area contributed by atoms with Gasteiger partial charge in [-0.2, -0.15) is 0 Å². The summed E-state index contributed by atoms with van der Waals surface area (Å²) in [5, 5.41) is 3.62. The van der Waals surface area contributed by atoms with E-state index >= 15 is 0 Å². The molecule has 0 saturated carbocycles. The van der Waals surface area contributed by atoms with Crippen molar-refractivity contribution in [1.82, 2.24) is 5.32 Å². The van der Waals surface area contributed by atoms with Gasteiger partial charge in [0.2, 0.25) is 0 Å². The Balaban J connectivity index is 1.65. The second kappa shape index (κ2) is 7.86. The Hall–Kier alpha value is -1.60. The molecule has 2 rings (SSSR count). The average molecular weight is 267 g/mol. The van der Waals surface area contributed by atoms with Gasteiger partial charge in [0.05, 0.1) is 0 Å². The molecule has 2 aromatic rings. The molecule has 0 aromatic heterocycles. The fraction of sp³-hybridized carbons (Fsp3) is 0.368. The summed E-state index contributed by atoms with van der Waals surface area (Å²) in [6, 6.07) is 20.1. The summed E-state index contributed by atoms with van der Waals surface area (Å²) in [7, 11) is 0. The molecule has 1 nitrogen and oxygen atoms in total. The van der Waals surface area contributed by atoms with Gasteiger partial charge in [0, 0.05) is 6.04 Å². The topological polar surface area (TPSA) is 12.0 Å². The number of aryl methyl sites for hydroxylation is 2. The van der Waals surface area contributed by atoms with Gasteiger partial charge in [0.25, 0.3) is 0 Å². The first kappa shape index (κ1) is 14.8. The summed E-state index contributed by atoms with van der Waals surface area (Å²) < 4.78 is 0. The first-order valence-electron chi connectivity index (χ1n) is 7.57. The third-order valence-corrected chi connectivity index (χ3v) is 3.64. The molecule has 0 aliphatic rings. The van der Waals surface area contributed by atoms with Gasteiger partial charge in [-0.3, -0.25) is 0 Å². The van der Waals surface area contributed by atoms with E-state index < -0.39 is 0 Å². The molecule has 0 fully saturated rings. The van der Waals surface area contributed by atoms with E-state index in [4.69, 9.17) is 0 Å². The van der Waals surface area contributed by atoms with Crippen molar-refractivity contribution < 1.29 is 0 Å². The van der Waals surface area contributed by atoms with Crippen molar-refractivity contribution in [1.29, 1.82) is 0 Å². The van der Waals surface area contributed by atoms with Crippen LogP contribution in [0, 0.1) is 6.92 Å². The Labute approximate surface area is 123 Å². The van der Waals surface area contributed by atoms with Crippen molar-refractivity contribution in [3.05, 3.63) is 71.3 Å². The van der Waals surface area contributed by atoms with Crippen LogP contribution in [0.1, 0.15) is 30.0 Å². The lowest BCUT2D eigenvalue weighted by atomic mass is 10.1. The summed E-state index contributed by atoms with van der Waals surface area (Å²) in [5.74, 6) is 0. The smallest absolute Gasteiger partial charge is 0.00791 e. The highest BCUT2D eigenvalue weighted by molar-refractivity contribution is 5.22. The predicted molar refractivity (Wildman–Crippen MR) is 87.1 cm³/mol. The standard InChI is InChI=1S/C19H25N/c1-16-10-12-19(13-11-16)15-17(2)20-14-6-9-18-7-4-3-5-8-18/h3-5,7-8,10-13,17,20H,6,9,14-15H2,1-2H3. The second-order valence-corrected chi connectivity index (χ2v) is 5.63. The molecule has 106 valence electrons. The SMILES string of the molecule is Cc1ccc(CC(C)NCCCc2ccccc2)cc1. The van der Waals surface area contributed by atoms with E-state index in [0.29, 0.717) is 6.04 Å². The third kappa shape index (κ3) is 5.18. The van der Waals surface area contributed by atoms with E-state index in [9.17, 15) is 0 Å². The maximum Gasteiger partial charge on any atom is 0.00791 e. The molecular formula is C19H25N. The highest BCUT2D eigenvalue weighted by atomic mass is 14.9. The highest BCUT2D eigenvalue weighted by Crippen LogP contribution is 2.06. The summed E-state index contributed by atoms with van der Waals surface area (Å²) in [4.78, 5) is 0. The van der Waals surface area contributed by atoms with Gasteiger partial charge in [-0.25, -0.2) is 0 Å². The number of benzene rings is 2. The van der Waals surface area contributed by atoms with Crippen molar-refractivity contribution in [3.63, 3.8) is 0 Å². The zero-order chi connectivity index (χ0) is 14.2. The third-order valence-electron chi connectivity index (χ3n) is 3.64. The van der Waals surface area contributed by atoms with Gasteiger partial charge in [0.15, 0.2) is 0 Å². The van der Waals surface area contributed by atoms with Gasteiger partial charge < -0.3 is 5.32 Å². The van der Waals surface area contributed by atoms with Gasteiger partial charge >= 0.3 is 0 Å². The van der Waals surface area contributed by atoms with Crippen molar-refractivity contribution in [2.45, 2.75) is 39.2 Å². The first-order chi connectivity index (χ1) is 9.74. The number of nitrogens with one attached hydrogen (secondary N) is 1. The van der Waals surface area contributed by atoms with Crippen LogP contribution in [0.25, 0.3) is 0 Å². The molecule has 0 aliphatic heterocycles. The molecule has 1 heteroatoms. The molecular weight excluding hydrogens is 242 g/mol. The van der Waals surface area contributed by atoms with Crippen LogP contribution < -0.4 is 5.32 Å². The minimum atomic E-state index is 0.536. The van der Waals surface area contributed by atoms with E-state index in [2.05, 4.69) is 73.8 Å². The van der Waals surface area contributed by atoms with Crippen LogP contribution in [0.4, 0.5) is 0 Å². The Morgan fingerprint density at radius 3 is 2.30 bits per heavy atom. The lowest BCUT2D eigenvalue weighted by molar-refractivity contribution is 0.534. The molecule has 0 heterocycles. The first-order valence-corrected chi connectivity index (χ1v) is 7.57. The van der Waals surface area contributed by atoms with Crippen molar-refractivity contribution in [2.24, 2.45) is 0 Å². The minimum absolute atomic E-state index is 0.536. The second-order valence-electron chi connectivity index (χ2n) is 5.63. The molecule has 0 bridgehead atoms. The predicted octanol–water partition coefficient (Wildman–Crippen LogP) is 4.15. The number of hydrogen-bond acceptors (Lipinski definition) is 1. The molecule has 0 saturated heterocycles. The molecule has 20 heavy (non-hydrogen) atoms. The fourth-order valence-corrected chi connectivity index (χ4v) is 2.44. The van der Waals surface area contributed by atoms with Crippen LogP contribution in [0.3, 0.4) is 0 Å². The largest absolute Gasteiger partial charge is 0.314 e. The lowest BCUT2D eigenvalue weighted by Gasteiger charge is -2.14. The maximum atomic E-state index is 3.62. The van der Waals surface area contributed by atoms with Crippen LogP contribution in [-0.4, -0.2) is 12.6 Å². The minimum Gasteiger partial charge on any atom is -0.314 e. The molecule has 1 atom stereocenters. The van der Waals surface area contributed by atoms with E-state index in [1.807, 2.05) is 0 Å². The molecule has 0 spiro atoms. The average Bonchev–Trinajstić information content (AvgIpc) is 2.47. The van der Waals surface area contributed by atoms with Gasteiger partial charge in [-0.05, 0) is 50.8 Å². The van der Waals surface area contributed by atoms with Crippen LogP contribution in [0.5, 0.6) is 0 Å². The molecule has 2 aromatic carbocycles. The van der Waals surface area contributed by atoms with Crippen LogP contribution in [0.15, 0.2) is 54.6 Å². The van der Waals surface area contributed by atoms with Crippen LogP contribution in [0.2, 0.25) is 0 Å². The quantitative estimate of drug-likeness (QED) is 0.743.